The van der Waals surface area contributed by atoms with Gasteiger partial charge in [0, 0.05) is 37.6 Å². The molecule has 2 aromatic heterocycles. The van der Waals surface area contributed by atoms with Crippen molar-refractivity contribution in [2.45, 2.75) is 56.8 Å². The van der Waals surface area contributed by atoms with E-state index >= 15 is 0 Å². The van der Waals surface area contributed by atoms with E-state index in [0.717, 1.165) is 58.0 Å². The molecule has 298 valence electrons. The molecule has 2 aromatic carbocycles. The zero-order valence-electron chi connectivity index (χ0n) is 31.4. The lowest BCUT2D eigenvalue weighted by Crippen LogP contribution is -2.54. The van der Waals surface area contributed by atoms with Gasteiger partial charge in [0.15, 0.2) is 0 Å². The number of imide groups is 2. The molecule has 2 saturated heterocycles. The second-order valence-corrected chi connectivity index (χ2v) is 14.5. The van der Waals surface area contributed by atoms with E-state index in [-0.39, 0.29) is 42.3 Å². The number of aromatic amines is 1. The van der Waals surface area contributed by atoms with Crippen molar-refractivity contribution in [3.05, 3.63) is 72.4 Å². The van der Waals surface area contributed by atoms with Crippen molar-refractivity contribution in [1.82, 2.24) is 30.4 Å². The van der Waals surface area contributed by atoms with E-state index in [9.17, 15) is 19.2 Å². The number of hydrogen-bond donors (Lipinski definition) is 2. The van der Waals surface area contributed by atoms with Crippen LogP contribution >= 0.6 is 0 Å². The number of anilines is 1. The number of fused-ring (bicyclic) bond motifs is 2. The molecule has 4 aromatic rings. The average molecular weight is 782 g/mol. The molecule has 17 heteroatoms. The number of amides is 4. The van der Waals surface area contributed by atoms with Crippen LogP contribution in [0.2, 0.25) is 0 Å². The van der Waals surface area contributed by atoms with Crippen LogP contribution in [0.3, 0.4) is 0 Å². The van der Waals surface area contributed by atoms with Gasteiger partial charge in [0.25, 0.3) is 11.8 Å². The van der Waals surface area contributed by atoms with Crippen LogP contribution in [-0.4, -0.2) is 119 Å². The van der Waals surface area contributed by atoms with Crippen LogP contribution in [0.25, 0.3) is 22.3 Å². The van der Waals surface area contributed by atoms with Gasteiger partial charge in [-0.05, 0) is 69.0 Å². The lowest BCUT2D eigenvalue weighted by Gasteiger charge is -2.33. The molecule has 0 spiro atoms. The zero-order valence-corrected chi connectivity index (χ0v) is 31.4. The van der Waals surface area contributed by atoms with Crippen molar-refractivity contribution < 1.29 is 47.6 Å². The summed E-state index contributed by atoms with van der Waals surface area (Å²) in [5, 5.41) is 10.8. The highest BCUT2D eigenvalue weighted by Gasteiger charge is 2.45. The summed E-state index contributed by atoms with van der Waals surface area (Å²) < 4.78 is 34.5. The normalized spacial score (nSPS) is 20.3. The number of aromatic nitrogens is 4. The molecule has 1 unspecified atom stereocenters. The van der Waals surface area contributed by atoms with Crippen LogP contribution < -0.4 is 19.7 Å². The predicted octanol–water partition coefficient (Wildman–Crippen LogP) is 3.55. The van der Waals surface area contributed by atoms with Crippen molar-refractivity contribution in [2.24, 2.45) is 0 Å². The first-order valence-electron chi connectivity index (χ1n) is 19.1. The standard InChI is InChI=1S/C40H43N7O10/c1-40(9-10-40)57-26-3-5-31-30(21-26)36(45-44-31)32-22-34(42-24-41-32)46-11-13-55-27(23-46)8-12-52-14-15-53-16-17-54-18-19-56-25-2-4-28-29(20-25)39(51)47(38(28)50)33-6-7-35(48)43-37(33)49/h2-5,18-22,24,27,33H,6-17,23H2,1H3,(H,44,45)(H,43,48,49)/b19-18+/t27-,33?/m0/s1. The first kappa shape index (κ1) is 38.0. The number of carbonyl (C=O) groups excluding carboxylic acids is 4. The summed E-state index contributed by atoms with van der Waals surface area (Å²) in [7, 11) is 0. The van der Waals surface area contributed by atoms with Gasteiger partial charge in [-0.15, -0.1) is 0 Å². The Morgan fingerprint density at radius 1 is 0.912 bits per heavy atom. The number of hydrogen-bond acceptors (Lipinski definition) is 14. The van der Waals surface area contributed by atoms with Crippen molar-refractivity contribution in [2.75, 3.05) is 57.6 Å². The maximum Gasteiger partial charge on any atom is 0.262 e. The second kappa shape index (κ2) is 16.7. The first-order chi connectivity index (χ1) is 27.7. The van der Waals surface area contributed by atoms with Gasteiger partial charge in [0.2, 0.25) is 11.8 Å². The highest BCUT2D eigenvalue weighted by atomic mass is 16.5. The van der Waals surface area contributed by atoms with Crippen LogP contribution in [0.5, 0.6) is 11.5 Å². The van der Waals surface area contributed by atoms with Crippen LogP contribution in [0.4, 0.5) is 5.82 Å². The third-order valence-electron chi connectivity index (χ3n) is 10.3. The molecule has 1 saturated carbocycles. The molecule has 57 heavy (non-hydrogen) atoms. The van der Waals surface area contributed by atoms with E-state index in [1.165, 1.54) is 24.7 Å². The van der Waals surface area contributed by atoms with Crippen molar-refractivity contribution >= 4 is 40.3 Å². The molecule has 1 aliphatic carbocycles. The summed E-state index contributed by atoms with van der Waals surface area (Å²) in [6, 6.07) is 11.4. The monoisotopic (exact) mass is 781 g/mol. The fourth-order valence-corrected chi connectivity index (χ4v) is 6.95. The Morgan fingerprint density at radius 3 is 2.56 bits per heavy atom. The van der Waals surface area contributed by atoms with E-state index in [1.54, 1.807) is 12.4 Å². The van der Waals surface area contributed by atoms with Crippen LogP contribution in [0.15, 0.2) is 61.3 Å². The van der Waals surface area contributed by atoms with E-state index in [0.29, 0.717) is 51.9 Å². The van der Waals surface area contributed by atoms with Crippen molar-refractivity contribution in [1.29, 1.82) is 0 Å². The van der Waals surface area contributed by atoms with E-state index in [4.69, 9.17) is 28.4 Å². The summed E-state index contributed by atoms with van der Waals surface area (Å²) in [5.41, 5.74) is 2.63. The zero-order chi connectivity index (χ0) is 39.4. The SMILES string of the molecule is CC1(Oc2ccc3[nH]nc(-c4cc(N5CCO[C@@H](CCOCCOCCO/C=C/Oc6ccc7c(c6)C(=O)N(C6CCC(=O)NC6=O)C7=O)C5)ncn4)c3c2)CC1. The maximum absolute atomic E-state index is 13.0. The topological polar surface area (TPSA) is 197 Å². The smallest absolute Gasteiger partial charge is 0.262 e. The maximum atomic E-state index is 13.0. The van der Waals surface area contributed by atoms with Gasteiger partial charge < -0.3 is 33.3 Å². The van der Waals surface area contributed by atoms with E-state index in [2.05, 4.69) is 37.3 Å². The Hall–Kier alpha value is -5.91. The van der Waals surface area contributed by atoms with E-state index < -0.39 is 29.7 Å². The molecule has 17 nitrogen and oxygen atoms in total. The van der Waals surface area contributed by atoms with E-state index in [1.807, 2.05) is 24.3 Å². The molecule has 4 aliphatic rings. The minimum atomic E-state index is -1.03. The van der Waals surface area contributed by atoms with Gasteiger partial charge in [0.05, 0.1) is 54.9 Å². The van der Waals surface area contributed by atoms with Crippen LogP contribution in [0.1, 0.15) is 59.7 Å². The number of nitrogens with zero attached hydrogens (tertiary/aromatic N) is 5. The summed E-state index contributed by atoms with van der Waals surface area (Å²) in [5.74, 6) is -0.324. The molecule has 3 aliphatic heterocycles. The molecular weight excluding hydrogens is 738 g/mol. The molecule has 0 bridgehead atoms. The lowest BCUT2D eigenvalue weighted by molar-refractivity contribution is -0.136. The minimum absolute atomic E-state index is 0.0116. The fraction of sp³-hybridized carbons (Fsp3) is 0.425. The number of nitrogens with one attached hydrogen (secondary N) is 2. The molecule has 4 amide bonds. The van der Waals surface area contributed by atoms with Crippen molar-refractivity contribution in [3.63, 3.8) is 0 Å². The number of carbonyl (C=O) groups is 4. The quantitative estimate of drug-likeness (QED) is 0.0897. The van der Waals surface area contributed by atoms with Gasteiger partial charge >= 0.3 is 0 Å². The van der Waals surface area contributed by atoms with Crippen molar-refractivity contribution in [3.8, 4) is 22.9 Å². The summed E-state index contributed by atoms with van der Waals surface area (Å²) >= 11 is 0. The second-order valence-electron chi connectivity index (χ2n) is 14.5. The van der Waals surface area contributed by atoms with Gasteiger partial charge in [-0.1, -0.05) is 0 Å². The van der Waals surface area contributed by atoms with Crippen LogP contribution in [-0.2, 0) is 28.5 Å². The fourth-order valence-electron chi connectivity index (χ4n) is 6.95. The summed E-state index contributed by atoms with van der Waals surface area (Å²) in [6.07, 6.45) is 7.21. The minimum Gasteiger partial charge on any atom is -0.496 e. The Labute approximate surface area is 327 Å². The lowest BCUT2D eigenvalue weighted by atomic mass is 10.0. The highest BCUT2D eigenvalue weighted by Crippen LogP contribution is 2.40. The molecule has 2 N–H and O–H groups in total. The molecule has 2 atom stereocenters. The summed E-state index contributed by atoms with van der Waals surface area (Å²) in [4.78, 5) is 61.8. The Bertz CT molecular complexity index is 2190. The molecule has 0 radical (unpaired) electrons. The molecular formula is C40H43N7O10. The third kappa shape index (κ3) is 8.75. The average Bonchev–Trinajstić information content (AvgIpc) is 3.70. The number of rotatable bonds is 17. The number of piperidine rings is 1. The van der Waals surface area contributed by atoms with Gasteiger partial charge in [-0.2, -0.15) is 5.10 Å². The third-order valence-corrected chi connectivity index (χ3v) is 10.3. The molecule has 8 rings (SSSR count). The van der Waals surface area contributed by atoms with Gasteiger partial charge in [-0.3, -0.25) is 34.5 Å². The number of morpholine rings is 1. The Morgan fingerprint density at radius 2 is 1.72 bits per heavy atom. The summed E-state index contributed by atoms with van der Waals surface area (Å²) in [6.45, 7) is 6.06. The number of H-pyrrole nitrogens is 1. The Kier molecular flexibility index (Phi) is 11.1. The predicted molar refractivity (Wildman–Crippen MR) is 202 cm³/mol. The first-order valence-corrected chi connectivity index (χ1v) is 19.1. The molecule has 3 fully saturated rings. The number of benzene rings is 2. The largest absolute Gasteiger partial charge is 0.496 e. The number of ether oxygens (including phenoxy) is 6. The highest BCUT2D eigenvalue weighted by molar-refractivity contribution is 6.23. The Balaban J connectivity index is 0.708. The van der Waals surface area contributed by atoms with Crippen LogP contribution in [0, 0.1) is 0 Å². The van der Waals surface area contributed by atoms with Gasteiger partial charge in [0.1, 0.15) is 60.1 Å². The van der Waals surface area contributed by atoms with Gasteiger partial charge in [-0.25, -0.2) is 9.97 Å². The molecule has 5 heterocycles.